The summed E-state index contributed by atoms with van der Waals surface area (Å²) in [6.45, 7) is 2.17. The summed E-state index contributed by atoms with van der Waals surface area (Å²) < 4.78 is 5.35. The molecule has 2 saturated carbocycles. The van der Waals surface area contributed by atoms with Gasteiger partial charge in [-0.2, -0.15) is 10.1 Å². The summed E-state index contributed by atoms with van der Waals surface area (Å²) >= 11 is 6.03. The maximum atomic E-state index is 12.9. The highest BCUT2D eigenvalue weighted by Crippen LogP contribution is 2.65. The number of phenols is 1. The van der Waals surface area contributed by atoms with Gasteiger partial charge in [-0.3, -0.25) is 9.59 Å². The molecule has 6 rings (SSSR count). The number of carbonyl (C=O) groups excluding carboxylic acids is 2. The van der Waals surface area contributed by atoms with Gasteiger partial charge < -0.3 is 9.84 Å². The first kappa shape index (κ1) is 16.8. The normalized spacial score (nSPS) is 35.7. The molecule has 1 aromatic rings. The summed E-state index contributed by atoms with van der Waals surface area (Å²) in [7, 11) is 0. The molecule has 0 aromatic heterocycles. The van der Waals surface area contributed by atoms with Gasteiger partial charge in [0.05, 0.1) is 29.7 Å². The van der Waals surface area contributed by atoms with E-state index in [-0.39, 0.29) is 52.0 Å². The van der Waals surface area contributed by atoms with E-state index in [1.54, 1.807) is 13.0 Å². The lowest BCUT2D eigenvalue weighted by molar-refractivity contribution is -0.140. The first-order chi connectivity index (χ1) is 13.0. The van der Waals surface area contributed by atoms with Crippen molar-refractivity contribution in [3.63, 3.8) is 0 Å². The molecule has 5 aliphatic rings. The summed E-state index contributed by atoms with van der Waals surface area (Å²) in [5.41, 5.74) is 0.542. The molecule has 1 saturated heterocycles. The first-order valence-corrected chi connectivity index (χ1v) is 9.64. The monoisotopic (exact) mass is 386 g/mol. The minimum atomic E-state index is -0.268. The van der Waals surface area contributed by atoms with E-state index in [2.05, 4.69) is 17.3 Å². The summed E-state index contributed by atoms with van der Waals surface area (Å²) in [4.78, 5) is 25.8. The van der Waals surface area contributed by atoms with Crippen LogP contribution < -0.4 is 4.74 Å². The Morgan fingerprint density at radius 3 is 2.44 bits per heavy atom. The van der Waals surface area contributed by atoms with Gasteiger partial charge in [0, 0.05) is 0 Å². The van der Waals surface area contributed by atoms with Crippen LogP contribution in [0, 0.1) is 35.5 Å². The lowest BCUT2D eigenvalue weighted by Gasteiger charge is -2.37. The highest BCUT2D eigenvalue weighted by atomic mass is 35.5. The van der Waals surface area contributed by atoms with Crippen LogP contribution in [-0.2, 0) is 9.59 Å². The highest BCUT2D eigenvalue weighted by molar-refractivity contribution is 6.32. The van der Waals surface area contributed by atoms with Crippen LogP contribution in [0.5, 0.6) is 11.5 Å². The Labute approximate surface area is 161 Å². The fourth-order valence-electron chi connectivity index (χ4n) is 5.11. The molecule has 1 aliphatic heterocycles. The minimum Gasteiger partial charge on any atom is -0.503 e. The van der Waals surface area contributed by atoms with Crippen molar-refractivity contribution in [1.82, 2.24) is 5.01 Å². The van der Waals surface area contributed by atoms with Gasteiger partial charge in [0.15, 0.2) is 11.5 Å². The third-order valence-electron chi connectivity index (χ3n) is 6.31. The van der Waals surface area contributed by atoms with Crippen LogP contribution >= 0.6 is 11.6 Å². The number of hydrogen-bond acceptors (Lipinski definition) is 5. The Bertz CT molecular complexity index is 875. The van der Waals surface area contributed by atoms with Crippen molar-refractivity contribution in [2.24, 2.45) is 40.6 Å². The maximum absolute atomic E-state index is 12.9. The van der Waals surface area contributed by atoms with E-state index in [0.717, 1.165) is 11.4 Å². The second-order valence-electron chi connectivity index (χ2n) is 7.67. The maximum Gasteiger partial charge on any atom is 0.254 e. The number of phenolic OH excluding ortho intramolecular Hbond substituents is 1. The smallest absolute Gasteiger partial charge is 0.254 e. The number of ether oxygens (including phenoxy) is 1. The number of hydrogen-bond donors (Lipinski definition) is 1. The van der Waals surface area contributed by atoms with Crippen LogP contribution in [-0.4, -0.2) is 34.8 Å². The Balaban J connectivity index is 1.42. The van der Waals surface area contributed by atoms with Crippen molar-refractivity contribution in [1.29, 1.82) is 0 Å². The van der Waals surface area contributed by atoms with Crippen LogP contribution in [0.2, 0.25) is 5.02 Å². The van der Waals surface area contributed by atoms with Gasteiger partial charge in [-0.05, 0) is 54.7 Å². The molecular formula is C20H19ClN2O4. The molecule has 1 N–H and O–H groups in total. The molecule has 140 valence electrons. The number of halogens is 1. The predicted octanol–water partition coefficient (Wildman–Crippen LogP) is 2.83. The quantitative estimate of drug-likeness (QED) is 0.490. The van der Waals surface area contributed by atoms with E-state index in [0.29, 0.717) is 24.0 Å². The van der Waals surface area contributed by atoms with E-state index >= 15 is 0 Å². The van der Waals surface area contributed by atoms with E-state index in [1.165, 1.54) is 12.3 Å². The van der Waals surface area contributed by atoms with Crippen molar-refractivity contribution in [3.05, 3.63) is 34.9 Å². The molecule has 0 spiro atoms. The number of amides is 2. The molecule has 3 fully saturated rings. The first-order valence-electron chi connectivity index (χ1n) is 9.26. The summed E-state index contributed by atoms with van der Waals surface area (Å²) in [6, 6.07) is 3.09. The molecule has 6 nitrogen and oxygen atoms in total. The van der Waals surface area contributed by atoms with Crippen LogP contribution in [0.15, 0.2) is 29.4 Å². The van der Waals surface area contributed by atoms with Crippen LogP contribution in [0.4, 0.5) is 0 Å². The SMILES string of the molecule is CCOc1cc(/C=N\N2C(=O)[C@@H]3[C@H]4C=C[C@@H]([C@@H]5C[C@H]45)[C@@H]3C2=O)cc(Cl)c1O. The van der Waals surface area contributed by atoms with Gasteiger partial charge in [-0.15, -0.1) is 0 Å². The Hall–Kier alpha value is -2.34. The average Bonchev–Trinajstić information content (AvgIpc) is 3.43. The molecule has 0 unspecified atom stereocenters. The third-order valence-corrected chi connectivity index (χ3v) is 6.60. The van der Waals surface area contributed by atoms with Crippen molar-refractivity contribution >= 4 is 29.6 Å². The lowest BCUT2D eigenvalue weighted by atomic mass is 9.63. The second kappa shape index (κ2) is 5.83. The van der Waals surface area contributed by atoms with E-state index in [9.17, 15) is 14.7 Å². The topological polar surface area (TPSA) is 79.2 Å². The zero-order valence-corrected chi connectivity index (χ0v) is 15.5. The van der Waals surface area contributed by atoms with E-state index in [1.807, 2.05) is 0 Å². The highest BCUT2D eigenvalue weighted by Gasteiger charge is 2.67. The van der Waals surface area contributed by atoms with Gasteiger partial charge in [-0.25, -0.2) is 0 Å². The number of hydrazone groups is 1. The number of allylic oxidation sites excluding steroid dienone is 2. The molecule has 2 amide bonds. The van der Waals surface area contributed by atoms with Crippen molar-refractivity contribution in [2.45, 2.75) is 13.3 Å². The molecule has 7 heteroatoms. The van der Waals surface area contributed by atoms with Crippen LogP contribution in [0.1, 0.15) is 18.9 Å². The Kier molecular flexibility index (Phi) is 3.63. The number of benzene rings is 1. The van der Waals surface area contributed by atoms with Crippen LogP contribution in [0.25, 0.3) is 0 Å². The Morgan fingerprint density at radius 2 is 1.85 bits per heavy atom. The summed E-state index contributed by atoms with van der Waals surface area (Å²) in [5.74, 6) is 0.619. The molecule has 0 radical (unpaired) electrons. The second-order valence-corrected chi connectivity index (χ2v) is 8.08. The largest absolute Gasteiger partial charge is 0.503 e. The number of aromatic hydroxyl groups is 1. The molecule has 27 heavy (non-hydrogen) atoms. The fraction of sp³-hybridized carbons (Fsp3) is 0.450. The molecule has 1 heterocycles. The molecule has 4 aliphatic carbocycles. The molecule has 6 atom stereocenters. The number of rotatable bonds is 4. The number of imide groups is 1. The zero-order valence-electron chi connectivity index (χ0n) is 14.7. The summed E-state index contributed by atoms with van der Waals surface area (Å²) in [5, 5.41) is 15.2. The average molecular weight is 387 g/mol. The summed E-state index contributed by atoms with van der Waals surface area (Å²) in [6.07, 6.45) is 6.81. The van der Waals surface area contributed by atoms with Gasteiger partial charge in [0.2, 0.25) is 0 Å². The lowest BCUT2D eigenvalue weighted by Crippen LogP contribution is -2.40. The van der Waals surface area contributed by atoms with Gasteiger partial charge in [0.1, 0.15) is 0 Å². The van der Waals surface area contributed by atoms with Gasteiger partial charge >= 0.3 is 0 Å². The standard InChI is InChI=1S/C20H19ClN2O4/c1-2-27-15-6-9(5-14(21)18(15)24)8-22-23-19(25)16-10-3-4-11(13-7-12(10)13)17(16)20(23)26/h3-6,8,10-13,16-17,24H,2,7H2,1H3/b22-8-/t10-,11-,12-,13+,16-,17+/m0/s1. The van der Waals surface area contributed by atoms with Crippen LogP contribution in [0.3, 0.4) is 0 Å². The van der Waals surface area contributed by atoms with E-state index in [4.69, 9.17) is 16.3 Å². The Morgan fingerprint density at radius 1 is 1.22 bits per heavy atom. The molecule has 1 aromatic carbocycles. The van der Waals surface area contributed by atoms with Gasteiger partial charge in [-0.1, -0.05) is 23.8 Å². The van der Waals surface area contributed by atoms with Crippen molar-refractivity contribution in [2.75, 3.05) is 6.61 Å². The zero-order chi connectivity index (χ0) is 18.9. The van der Waals surface area contributed by atoms with Crippen molar-refractivity contribution in [3.8, 4) is 11.5 Å². The fourth-order valence-corrected chi connectivity index (χ4v) is 5.33. The van der Waals surface area contributed by atoms with Crippen molar-refractivity contribution < 1.29 is 19.4 Å². The molecular weight excluding hydrogens is 368 g/mol. The van der Waals surface area contributed by atoms with E-state index < -0.39 is 0 Å². The number of nitrogens with zero attached hydrogens (tertiary/aromatic N) is 2. The third kappa shape index (κ3) is 2.35. The number of carbonyl (C=O) groups is 2. The van der Waals surface area contributed by atoms with Gasteiger partial charge in [0.25, 0.3) is 11.8 Å². The molecule has 2 bridgehead atoms. The predicted molar refractivity (Wildman–Crippen MR) is 98.4 cm³/mol. The minimum absolute atomic E-state index is 0.123.